The molecule has 0 bridgehead atoms. The van der Waals surface area contributed by atoms with Crippen molar-refractivity contribution < 1.29 is 9.53 Å². The highest BCUT2D eigenvalue weighted by molar-refractivity contribution is 9.10. The molecular weight excluding hydrogens is 332 g/mol. The van der Waals surface area contributed by atoms with Gasteiger partial charge in [0.05, 0.1) is 11.4 Å². The number of hydrogen-bond donors (Lipinski definition) is 1. The van der Waals surface area contributed by atoms with E-state index in [2.05, 4.69) is 15.9 Å². The quantitative estimate of drug-likeness (QED) is 0.850. The summed E-state index contributed by atoms with van der Waals surface area (Å²) >= 11 is 3.36. The van der Waals surface area contributed by atoms with Gasteiger partial charge in [0.25, 0.3) is 5.91 Å². The van der Waals surface area contributed by atoms with E-state index in [0.29, 0.717) is 17.8 Å². The van der Waals surface area contributed by atoms with Crippen LogP contribution in [0.3, 0.4) is 0 Å². The van der Waals surface area contributed by atoms with Gasteiger partial charge < -0.3 is 15.4 Å². The zero-order chi connectivity index (χ0) is 15.0. The molecule has 108 valence electrons. The number of para-hydroxylation sites is 1. The van der Waals surface area contributed by atoms with E-state index in [0.717, 1.165) is 15.8 Å². The lowest BCUT2D eigenvalue weighted by atomic mass is 10.1. The zero-order valence-corrected chi connectivity index (χ0v) is 13.1. The number of benzene rings is 2. The van der Waals surface area contributed by atoms with E-state index in [1.165, 1.54) is 0 Å². The van der Waals surface area contributed by atoms with Gasteiger partial charge in [-0.25, -0.2) is 0 Å². The molecule has 0 saturated heterocycles. The largest absolute Gasteiger partial charge is 0.480 e. The number of anilines is 2. The Hall–Kier alpha value is -2.01. The SMILES string of the molecule is CN(C(=O)C1Cc2ccccc2O1)c1ccc(Br)cc1N. The Morgan fingerprint density at radius 3 is 2.81 bits per heavy atom. The number of halogens is 1. The fraction of sp³-hybridized carbons (Fsp3) is 0.188. The van der Waals surface area contributed by atoms with Gasteiger partial charge in [0.2, 0.25) is 0 Å². The van der Waals surface area contributed by atoms with Gasteiger partial charge in [-0.05, 0) is 29.8 Å². The van der Waals surface area contributed by atoms with E-state index >= 15 is 0 Å². The average Bonchev–Trinajstić information content (AvgIpc) is 2.89. The van der Waals surface area contributed by atoms with Crippen LogP contribution in [0.4, 0.5) is 11.4 Å². The molecule has 1 amide bonds. The van der Waals surface area contributed by atoms with Crippen LogP contribution in [0.15, 0.2) is 46.9 Å². The lowest BCUT2D eigenvalue weighted by molar-refractivity contribution is -0.124. The average molecular weight is 347 g/mol. The van der Waals surface area contributed by atoms with Gasteiger partial charge in [-0.15, -0.1) is 0 Å². The predicted octanol–water partition coefficient (Wildman–Crippen LogP) is 3.00. The maximum Gasteiger partial charge on any atom is 0.268 e. The molecule has 0 saturated carbocycles. The number of nitrogen functional groups attached to an aromatic ring is 1. The Morgan fingerprint density at radius 2 is 2.10 bits per heavy atom. The molecule has 1 heterocycles. The zero-order valence-electron chi connectivity index (χ0n) is 11.5. The second-order valence-electron chi connectivity index (χ2n) is 5.02. The summed E-state index contributed by atoms with van der Waals surface area (Å²) in [5, 5.41) is 0. The number of carbonyl (C=O) groups is 1. The van der Waals surface area contributed by atoms with Crippen LogP contribution in [0.1, 0.15) is 5.56 Å². The van der Waals surface area contributed by atoms with Crippen molar-refractivity contribution in [1.29, 1.82) is 0 Å². The van der Waals surface area contributed by atoms with Gasteiger partial charge in [0.1, 0.15) is 5.75 Å². The third-order valence-electron chi connectivity index (χ3n) is 3.60. The predicted molar refractivity (Wildman–Crippen MR) is 86.5 cm³/mol. The molecule has 2 N–H and O–H groups in total. The van der Waals surface area contributed by atoms with Crippen LogP contribution in [0.25, 0.3) is 0 Å². The van der Waals surface area contributed by atoms with Crippen molar-refractivity contribution >= 4 is 33.2 Å². The smallest absolute Gasteiger partial charge is 0.268 e. The molecule has 0 radical (unpaired) electrons. The summed E-state index contributed by atoms with van der Waals surface area (Å²) in [6.07, 6.45) is 0.103. The molecule has 2 aromatic carbocycles. The molecule has 2 aromatic rings. The number of fused-ring (bicyclic) bond motifs is 1. The van der Waals surface area contributed by atoms with Crippen LogP contribution < -0.4 is 15.4 Å². The number of hydrogen-bond acceptors (Lipinski definition) is 3. The minimum absolute atomic E-state index is 0.0970. The molecule has 0 fully saturated rings. The van der Waals surface area contributed by atoms with E-state index in [4.69, 9.17) is 10.5 Å². The maximum atomic E-state index is 12.6. The van der Waals surface area contributed by atoms with Gasteiger partial charge in [-0.1, -0.05) is 34.1 Å². The van der Waals surface area contributed by atoms with Gasteiger partial charge in [0.15, 0.2) is 6.10 Å². The van der Waals surface area contributed by atoms with Gasteiger partial charge in [0, 0.05) is 17.9 Å². The summed E-state index contributed by atoms with van der Waals surface area (Å²) in [6.45, 7) is 0. The lowest BCUT2D eigenvalue weighted by Gasteiger charge is -2.22. The Balaban J connectivity index is 1.80. The summed E-state index contributed by atoms with van der Waals surface area (Å²) < 4.78 is 6.62. The molecule has 1 atom stereocenters. The van der Waals surface area contributed by atoms with Gasteiger partial charge in [-0.2, -0.15) is 0 Å². The molecule has 0 spiro atoms. The standard InChI is InChI=1S/C16H15BrN2O2/c1-19(13-7-6-11(17)9-12(13)18)16(20)15-8-10-4-2-3-5-14(10)21-15/h2-7,9,15H,8,18H2,1H3. The second kappa shape index (κ2) is 5.41. The van der Waals surface area contributed by atoms with Crippen molar-refractivity contribution in [2.45, 2.75) is 12.5 Å². The Kier molecular flexibility index (Phi) is 3.59. The number of carbonyl (C=O) groups excluding carboxylic acids is 1. The summed E-state index contributed by atoms with van der Waals surface area (Å²) in [6, 6.07) is 13.2. The molecule has 5 heteroatoms. The molecule has 1 aliphatic heterocycles. The molecule has 1 aliphatic rings. The monoisotopic (exact) mass is 346 g/mol. The first kappa shape index (κ1) is 13.9. The maximum absolute atomic E-state index is 12.6. The molecule has 0 aromatic heterocycles. The molecule has 1 unspecified atom stereocenters. The Labute approximate surface area is 131 Å². The van der Waals surface area contributed by atoms with Crippen molar-refractivity contribution in [1.82, 2.24) is 0 Å². The normalized spacial score (nSPS) is 16.2. The first-order valence-electron chi connectivity index (χ1n) is 6.63. The number of nitrogens with two attached hydrogens (primary N) is 1. The molecule has 3 rings (SSSR count). The lowest BCUT2D eigenvalue weighted by Crippen LogP contribution is -2.39. The van der Waals surface area contributed by atoms with Crippen LogP contribution >= 0.6 is 15.9 Å². The van der Waals surface area contributed by atoms with Crippen LogP contribution in [0.5, 0.6) is 5.75 Å². The summed E-state index contributed by atoms with van der Waals surface area (Å²) in [5.41, 5.74) is 8.28. The summed E-state index contributed by atoms with van der Waals surface area (Å²) in [5.74, 6) is 0.688. The first-order chi connectivity index (χ1) is 10.1. The van der Waals surface area contributed by atoms with Crippen LogP contribution in [0, 0.1) is 0 Å². The fourth-order valence-corrected chi connectivity index (χ4v) is 2.86. The van der Waals surface area contributed by atoms with Crippen molar-refractivity contribution in [3.05, 3.63) is 52.5 Å². The highest BCUT2D eigenvalue weighted by Gasteiger charge is 2.31. The second-order valence-corrected chi connectivity index (χ2v) is 5.93. The molecular formula is C16H15BrN2O2. The number of rotatable bonds is 2. The Morgan fingerprint density at radius 1 is 1.33 bits per heavy atom. The van der Waals surface area contributed by atoms with E-state index in [-0.39, 0.29) is 5.91 Å². The minimum atomic E-state index is -0.490. The van der Waals surface area contributed by atoms with Gasteiger partial charge in [-0.3, -0.25) is 4.79 Å². The van der Waals surface area contributed by atoms with Crippen LogP contribution in [0.2, 0.25) is 0 Å². The van der Waals surface area contributed by atoms with E-state index < -0.39 is 6.10 Å². The van der Waals surface area contributed by atoms with E-state index in [1.807, 2.05) is 36.4 Å². The molecule has 21 heavy (non-hydrogen) atoms. The molecule has 0 aliphatic carbocycles. The number of nitrogens with zero attached hydrogens (tertiary/aromatic N) is 1. The number of likely N-dealkylation sites (N-methyl/N-ethyl adjacent to an activating group) is 1. The highest BCUT2D eigenvalue weighted by atomic mass is 79.9. The topological polar surface area (TPSA) is 55.6 Å². The fourth-order valence-electron chi connectivity index (χ4n) is 2.49. The first-order valence-corrected chi connectivity index (χ1v) is 7.42. The minimum Gasteiger partial charge on any atom is -0.480 e. The third kappa shape index (κ3) is 2.61. The highest BCUT2D eigenvalue weighted by Crippen LogP contribution is 2.31. The van der Waals surface area contributed by atoms with Crippen molar-refractivity contribution in [3.8, 4) is 5.75 Å². The van der Waals surface area contributed by atoms with Crippen LogP contribution in [-0.4, -0.2) is 19.1 Å². The van der Waals surface area contributed by atoms with E-state index in [9.17, 15) is 4.79 Å². The number of ether oxygens (including phenoxy) is 1. The molecule has 4 nitrogen and oxygen atoms in total. The summed E-state index contributed by atoms with van der Waals surface area (Å²) in [4.78, 5) is 14.1. The van der Waals surface area contributed by atoms with Crippen molar-refractivity contribution in [2.24, 2.45) is 0 Å². The van der Waals surface area contributed by atoms with Crippen molar-refractivity contribution in [2.75, 3.05) is 17.7 Å². The van der Waals surface area contributed by atoms with Gasteiger partial charge >= 0.3 is 0 Å². The number of amides is 1. The third-order valence-corrected chi connectivity index (χ3v) is 4.10. The summed E-state index contributed by atoms with van der Waals surface area (Å²) in [7, 11) is 1.72. The van der Waals surface area contributed by atoms with E-state index in [1.54, 1.807) is 18.0 Å². The van der Waals surface area contributed by atoms with Crippen LogP contribution in [-0.2, 0) is 11.2 Å². The van der Waals surface area contributed by atoms with Crippen molar-refractivity contribution in [3.63, 3.8) is 0 Å². The Bertz CT molecular complexity index is 677.